The third kappa shape index (κ3) is 3.43. The summed E-state index contributed by atoms with van der Waals surface area (Å²) in [6.45, 7) is 11.4. The zero-order chi connectivity index (χ0) is 18.4. The van der Waals surface area contributed by atoms with Crippen LogP contribution >= 0.6 is 11.3 Å². The highest BCUT2D eigenvalue weighted by Crippen LogP contribution is 2.46. The molecule has 1 aromatic heterocycles. The summed E-state index contributed by atoms with van der Waals surface area (Å²) < 4.78 is 0. The maximum absolute atomic E-state index is 11.0. The van der Waals surface area contributed by atoms with Gasteiger partial charge in [-0.25, -0.2) is 4.79 Å². The van der Waals surface area contributed by atoms with Crippen molar-refractivity contribution in [1.82, 2.24) is 0 Å². The van der Waals surface area contributed by atoms with Gasteiger partial charge in [-0.2, -0.15) is 0 Å². The van der Waals surface area contributed by atoms with Crippen molar-refractivity contribution in [2.24, 2.45) is 0 Å². The summed E-state index contributed by atoms with van der Waals surface area (Å²) in [5, 5.41) is 10.8. The predicted octanol–water partition coefficient (Wildman–Crippen LogP) is 6.36. The number of benzene rings is 1. The van der Waals surface area contributed by atoms with Gasteiger partial charge in [0.1, 0.15) is 0 Å². The smallest absolute Gasteiger partial charge is 0.336 e. The summed E-state index contributed by atoms with van der Waals surface area (Å²) in [5.74, 6) is -0.869. The Morgan fingerprint density at radius 2 is 1.68 bits per heavy atom. The highest BCUT2D eigenvalue weighted by Gasteiger charge is 2.36. The van der Waals surface area contributed by atoms with Crippen molar-refractivity contribution in [2.45, 2.75) is 58.3 Å². The van der Waals surface area contributed by atoms with Crippen LogP contribution in [0.5, 0.6) is 0 Å². The molecule has 0 aliphatic heterocycles. The van der Waals surface area contributed by atoms with Crippen LogP contribution in [0.25, 0.3) is 11.6 Å². The number of fused-ring (bicyclic) bond motifs is 1. The van der Waals surface area contributed by atoms with Crippen molar-refractivity contribution in [3.63, 3.8) is 0 Å². The minimum Gasteiger partial charge on any atom is -0.478 e. The number of aromatic carboxylic acids is 1. The molecule has 0 saturated heterocycles. The van der Waals surface area contributed by atoms with Gasteiger partial charge in [-0.15, -0.1) is 11.3 Å². The van der Waals surface area contributed by atoms with E-state index in [1.807, 2.05) is 0 Å². The Labute approximate surface area is 154 Å². The molecule has 1 N–H and O–H groups in total. The SMILES string of the molecule is C/C(=C\c1cc(C(=O)O)cs1)c1ccc2c(c1)C(C)(C)CCC2(C)C. The zero-order valence-corrected chi connectivity index (χ0v) is 16.5. The Hall–Kier alpha value is -1.87. The molecule has 132 valence electrons. The number of carboxylic acid groups (broad SMARTS) is 1. The van der Waals surface area contributed by atoms with E-state index in [1.165, 1.54) is 46.4 Å². The number of thiophene rings is 1. The van der Waals surface area contributed by atoms with E-state index in [0.29, 0.717) is 5.56 Å². The lowest BCUT2D eigenvalue weighted by molar-refractivity contribution is 0.0697. The Bertz CT molecular complexity index is 853. The Morgan fingerprint density at radius 3 is 2.28 bits per heavy atom. The minimum absolute atomic E-state index is 0.195. The average molecular weight is 355 g/mol. The third-order valence-electron chi connectivity index (χ3n) is 5.53. The van der Waals surface area contributed by atoms with Gasteiger partial charge in [-0.1, -0.05) is 45.9 Å². The molecule has 25 heavy (non-hydrogen) atoms. The van der Waals surface area contributed by atoms with Crippen LogP contribution in [0.4, 0.5) is 0 Å². The van der Waals surface area contributed by atoms with Gasteiger partial charge >= 0.3 is 5.97 Å². The summed E-state index contributed by atoms with van der Waals surface area (Å²) >= 11 is 1.47. The van der Waals surface area contributed by atoms with Crippen LogP contribution < -0.4 is 0 Å². The van der Waals surface area contributed by atoms with Gasteiger partial charge in [0, 0.05) is 10.3 Å². The van der Waals surface area contributed by atoms with E-state index < -0.39 is 5.97 Å². The van der Waals surface area contributed by atoms with Gasteiger partial charge in [0.15, 0.2) is 0 Å². The van der Waals surface area contributed by atoms with E-state index in [9.17, 15) is 4.79 Å². The minimum atomic E-state index is -0.869. The van der Waals surface area contributed by atoms with Crippen molar-refractivity contribution in [2.75, 3.05) is 0 Å². The molecule has 1 aromatic carbocycles. The summed E-state index contributed by atoms with van der Waals surface area (Å²) in [4.78, 5) is 12.0. The van der Waals surface area contributed by atoms with E-state index in [2.05, 4.69) is 58.9 Å². The highest BCUT2D eigenvalue weighted by atomic mass is 32.1. The maximum atomic E-state index is 11.0. The van der Waals surface area contributed by atoms with Gasteiger partial charge in [-0.3, -0.25) is 0 Å². The molecule has 1 aliphatic carbocycles. The molecule has 3 heteroatoms. The topological polar surface area (TPSA) is 37.3 Å². The predicted molar refractivity (Wildman–Crippen MR) is 107 cm³/mol. The standard InChI is InChI=1S/C22H26O2S/c1-14(10-17-11-16(13-25-17)20(23)24)15-6-7-18-19(12-15)22(4,5)9-8-21(18,2)3/h6-7,10-13H,8-9H2,1-5H3,(H,23,24)/b14-10+. The van der Waals surface area contributed by atoms with Crippen LogP contribution in [-0.2, 0) is 10.8 Å². The number of carboxylic acids is 1. The molecular weight excluding hydrogens is 328 g/mol. The number of carbonyl (C=O) groups is 1. The summed E-state index contributed by atoms with van der Waals surface area (Å²) in [6.07, 6.45) is 4.50. The molecule has 0 amide bonds. The first-order valence-electron chi connectivity index (χ1n) is 8.76. The van der Waals surface area contributed by atoms with Crippen LogP contribution in [0, 0.1) is 0 Å². The van der Waals surface area contributed by atoms with E-state index in [4.69, 9.17) is 5.11 Å². The molecule has 0 saturated carbocycles. The highest BCUT2D eigenvalue weighted by molar-refractivity contribution is 7.11. The number of rotatable bonds is 3. The normalized spacial score (nSPS) is 18.7. The molecule has 1 aliphatic rings. The first-order valence-corrected chi connectivity index (χ1v) is 9.64. The van der Waals surface area contributed by atoms with Gasteiger partial charge < -0.3 is 5.11 Å². The lowest BCUT2D eigenvalue weighted by atomic mass is 9.63. The molecule has 3 rings (SSSR count). The van der Waals surface area contributed by atoms with Crippen LogP contribution in [-0.4, -0.2) is 11.1 Å². The van der Waals surface area contributed by atoms with E-state index in [-0.39, 0.29) is 10.8 Å². The Morgan fingerprint density at radius 1 is 1.04 bits per heavy atom. The number of hydrogen-bond donors (Lipinski definition) is 1. The van der Waals surface area contributed by atoms with Crippen molar-refractivity contribution in [3.05, 3.63) is 56.8 Å². The van der Waals surface area contributed by atoms with Crippen LogP contribution in [0.3, 0.4) is 0 Å². The molecule has 0 bridgehead atoms. The molecule has 0 fully saturated rings. The molecule has 0 radical (unpaired) electrons. The van der Waals surface area contributed by atoms with Gasteiger partial charge in [0.2, 0.25) is 0 Å². The lowest BCUT2D eigenvalue weighted by Gasteiger charge is -2.42. The number of hydrogen-bond acceptors (Lipinski definition) is 2. The molecule has 0 unspecified atom stereocenters. The summed E-state index contributed by atoms with van der Waals surface area (Å²) in [5.41, 5.74) is 6.08. The van der Waals surface area contributed by atoms with Crippen LogP contribution in [0.1, 0.15) is 79.4 Å². The van der Waals surface area contributed by atoms with Crippen molar-refractivity contribution in [1.29, 1.82) is 0 Å². The van der Waals surface area contributed by atoms with E-state index in [0.717, 1.165) is 4.88 Å². The largest absolute Gasteiger partial charge is 0.478 e. The molecule has 0 spiro atoms. The monoisotopic (exact) mass is 354 g/mol. The molecule has 1 heterocycles. The molecular formula is C22H26O2S. The third-order valence-corrected chi connectivity index (χ3v) is 6.41. The Balaban J connectivity index is 2.00. The van der Waals surface area contributed by atoms with Gasteiger partial charge in [0.25, 0.3) is 0 Å². The quantitative estimate of drug-likeness (QED) is 0.696. The first kappa shape index (κ1) is 17.9. The second-order valence-electron chi connectivity index (χ2n) is 8.40. The Kier molecular flexibility index (Phi) is 4.40. The lowest BCUT2D eigenvalue weighted by Crippen LogP contribution is -2.33. The van der Waals surface area contributed by atoms with Crippen molar-refractivity contribution in [3.8, 4) is 0 Å². The average Bonchev–Trinajstić information content (AvgIpc) is 3.00. The zero-order valence-electron chi connectivity index (χ0n) is 15.6. The van der Waals surface area contributed by atoms with Crippen molar-refractivity contribution >= 4 is 29.0 Å². The molecule has 2 nitrogen and oxygen atoms in total. The maximum Gasteiger partial charge on any atom is 0.336 e. The van der Waals surface area contributed by atoms with Crippen LogP contribution in [0.15, 0.2) is 29.6 Å². The van der Waals surface area contributed by atoms with Gasteiger partial charge in [-0.05, 0) is 65.0 Å². The van der Waals surface area contributed by atoms with E-state index in [1.54, 1.807) is 11.4 Å². The molecule has 0 atom stereocenters. The number of allylic oxidation sites excluding steroid dienone is 1. The van der Waals surface area contributed by atoms with Gasteiger partial charge in [0.05, 0.1) is 5.56 Å². The second kappa shape index (κ2) is 6.14. The van der Waals surface area contributed by atoms with Crippen LogP contribution in [0.2, 0.25) is 0 Å². The van der Waals surface area contributed by atoms with Crippen molar-refractivity contribution < 1.29 is 9.90 Å². The summed E-state index contributed by atoms with van der Waals surface area (Å²) in [6, 6.07) is 8.58. The second-order valence-corrected chi connectivity index (χ2v) is 9.34. The fourth-order valence-electron chi connectivity index (χ4n) is 3.67. The fraction of sp³-hybridized carbons (Fsp3) is 0.409. The first-order chi connectivity index (χ1) is 11.6. The van der Waals surface area contributed by atoms with E-state index >= 15 is 0 Å². The summed E-state index contributed by atoms with van der Waals surface area (Å²) in [7, 11) is 0. The molecule has 2 aromatic rings. The fourth-order valence-corrected chi connectivity index (χ4v) is 4.54.